The molecule has 0 aromatic heterocycles. The van der Waals surface area contributed by atoms with Gasteiger partial charge in [0, 0.05) is 0 Å². The van der Waals surface area contributed by atoms with Crippen LogP contribution in [-0.2, 0) is 0 Å². The van der Waals surface area contributed by atoms with Crippen molar-refractivity contribution in [1.82, 2.24) is 0 Å². The fourth-order valence-corrected chi connectivity index (χ4v) is 0.689. The summed E-state index contributed by atoms with van der Waals surface area (Å²) in [6.45, 7) is 14.2. The zero-order valence-electron chi connectivity index (χ0n) is 10.3. The lowest BCUT2D eigenvalue weighted by Crippen LogP contribution is -1.87. The molecule has 0 amide bonds. The minimum absolute atomic E-state index is 0.511. The molecule has 0 nitrogen and oxygen atoms in total. The lowest BCUT2D eigenvalue weighted by atomic mass is 9.95. The van der Waals surface area contributed by atoms with E-state index in [1.54, 1.807) is 0 Å². The van der Waals surface area contributed by atoms with E-state index in [2.05, 4.69) is 20.4 Å². The summed E-state index contributed by atoms with van der Waals surface area (Å²) in [6.07, 6.45) is 6.68. The van der Waals surface area contributed by atoms with Gasteiger partial charge in [0.25, 0.3) is 0 Å². The maximum Gasteiger partial charge on any atom is 0.0716 e. The van der Waals surface area contributed by atoms with E-state index in [-0.39, 0.29) is 0 Å². The summed E-state index contributed by atoms with van der Waals surface area (Å²) in [5.41, 5.74) is 2.29. The molecule has 0 atom stereocenters. The molecule has 0 N–H and O–H groups in total. The highest BCUT2D eigenvalue weighted by atomic mass is 14.0. The molecule has 0 aromatic rings. The number of hydrogen-bond acceptors (Lipinski definition) is 0. The van der Waals surface area contributed by atoms with E-state index >= 15 is 0 Å². The van der Waals surface area contributed by atoms with Crippen LogP contribution in [0.3, 0.4) is 0 Å². The summed E-state index contributed by atoms with van der Waals surface area (Å²) in [5, 5.41) is 0. The van der Waals surface area contributed by atoms with E-state index in [0.29, 0.717) is 12.2 Å². The standard InChI is InChI=1S/C11H17B.C2H6/c1-5-11(8-12)7-6-10(4)9(2)3;1-2/h5-7,9H,4,8H2,1-3H3;1-2H3/b7-6-,11-5+;. The minimum Gasteiger partial charge on any atom is -0.0956 e. The maximum absolute atomic E-state index is 5.50. The minimum atomic E-state index is 0.511. The van der Waals surface area contributed by atoms with Gasteiger partial charge in [0.05, 0.1) is 7.85 Å². The van der Waals surface area contributed by atoms with Gasteiger partial charge >= 0.3 is 0 Å². The molecule has 0 bridgehead atoms. The molecule has 1 heteroatoms. The SMILES string of the molecule is CC.[B]CC(/C=C\C(=C)C(C)C)=C/C. The molecule has 0 saturated carbocycles. The van der Waals surface area contributed by atoms with Crippen LogP contribution in [0.1, 0.15) is 34.6 Å². The second-order valence-corrected chi connectivity index (χ2v) is 3.13. The highest BCUT2D eigenvalue weighted by Crippen LogP contribution is 2.10. The molecule has 0 heterocycles. The van der Waals surface area contributed by atoms with Crippen molar-refractivity contribution in [2.75, 3.05) is 0 Å². The van der Waals surface area contributed by atoms with Gasteiger partial charge in [-0.2, -0.15) is 0 Å². The summed E-state index contributed by atoms with van der Waals surface area (Å²) in [6, 6.07) is 0. The highest BCUT2D eigenvalue weighted by Gasteiger charge is 1.94. The normalized spacial score (nSPS) is 11.4. The van der Waals surface area contributed by atoms with Crippen molar-refractivity contribution >= 4 is 7.85 Å². The first-order valence-electron chi connectivity index (χ1n) is 5.34. The first kappa shape index (κ1) is 15.7. The molecule has 0 aliphatic rings. The van der Waals surface area contributed by atoms with E-state index in [1.165, 1.54) is 0 Å². The largest absolute Gasteiger partial charge is 0.0956 e. The Morgan fingerprint density at radius 1 is 1.29 bits per heavy atom. The Morgan fingerprint density at radius 3 is 2.07 bits per heavy atom. The molecule has 0 aromatic carbocycles. The fraction of sp³-hybridized carbons (Fsp3) is 0.538. The second-order valence-electron chi connectivity index (χ2n) is 3.13. The van der Waals surface area contributed by atoms with Crippen molar-refractivity contribution in [2.24, 2.45) is 5.92 Å². The zero-order chi connectivity index (χ0) is 11.6. The molecular weight excluding hydrogens is 167 g/mol. The van der Waals surface area contributed by atoms with E-state index < -0.39 is 0 Å². The molecular formula is C13H23B. The van der Waals surface area contributed by atoms with Gasteiger partial charge in [-0.3, -0.25) is 0 Å². The molecule has 0 spiro atoms. The molecule has 0 rings (SSSR count). The van der Waals surface area contributed by atoms with E-state index in [1.807, 2.05) is 39.0 Å². The van der Waals surface area contributed by atoms with E-state index in [0.717, 1.165) is 11.1 Å². The average molecular weight is 190 g/mol. The van der Waals surface area contributed by atoms with Gasteiger partial charge in [-0.1, -0.05) is 70.0 Å². The van der Waals surface area contributed by atoms with Crippen molar-refractivity contribution in [1.29, 1.82) is 0 Å². The van der Waals surface area contributed by atoms with Crippen LogP contribution in [0.15, 0.2) is 36.0 Å². The van der Waals surface area contributed by atoms with Crippen molar-refractivity contribution in [3.8, 4) is 0 Å². The van der Waals surface area contributed by atoms with Crippen molar-refractivity contribution < 1.29 is 0 Å². The number of rotatable bonds is 4. The summed E-state index contributed by atoms with van der Waals surface area (Å²) in [4.78, 5) is 0. The van der Waals surface area contributed by atoms with Crippen LogP contribution in [-0.4, -0.2) is 7.85 Å². The first-order chi connectivity index (χ1) is 6.61. The molecule has 0 fully saturated rings. The van der Waals surface area contributed by atoms with Crippen LogP contribution < -0.4 is 0 Å². The lowest BCUT2D eigenvalue weighted by molar-refractivity contribution is 0.795. The molecule has 0 unspecified atom stereocenters. The van der Waals surface area contributed by atoms with Crippen LogP contribution in [0.25, 0.3) is 0 Å². The Kier molecular flexibility index (Phi) is 11.7. The Hall–Kier alpha value is -0.715. The third kappa shape index (κ3) is 7.91. The zero-order valence-corrected chi connectivity index (χ0v) is 10.3. The smallest absolute Gasteiger partial charge is 0.0716 e. The monoisotopic (exact) mass is 190 g/mol. The Labute approximate surface area is 91.2 Å². The predicted octanol–water partition coefficient (Wildman–Crippen LogP) is 4.31. The summed E-state index contributed by atoms with van der Waals surface area (Å²) < 4.78 is 0. The van der Waals surface area contributed by atoms with E-state index in [9.17, 15) is 0 Å². The second kappa shape index (κ2) is 10.4. The molecule has 2 radical (unpaired) electrons. The molecule has 78 valence electrons. The van der Waals surface area contributed by atoms with Gasteiger partial charge in [0.2, 0.25) is 0 Å². The molecule has 0 aliphatic carbocycles. The lowest BCUT2D eigenvalue weighted by Gasteiger charge is -2.03. The van der Waals surface area contributed by atoms with Gasteiger partial charge in [-0.15, -0.1) is 0 Å². The summed E-state index contributed by atoms with van der Waals surface area (Å²) >= 11 is 0. The highest BCUT2D eigenvalue weighted by molar-refractivity contribution is 6.10. The Balaban J connectivity index is 0. The van der Waals surface area contributed by atoms with E-state index in [4.69, 9.17) is 7.85 Å². The number of allylic oxidation sites excluding steroid dienone is 5. The quantitative estimate of drug-likeness (QED) is 0.457. The third-order valence-electron chi connectivity index (χ3n) is 1.86. The molecule has 14 heavy (non-hydrogen) atoms. The molecule has 0 saturated heterocycles. The van der Waals surface area contributed by atoms with Crippen molar-refractivity contribution in [2.45, 2.75) is 40.9 Å². The van der Waals surface area contributed by atoms with Crippen molar-refractivity contribution in [3.63, 3.8) is 0 Å². The topological polar surface area (TPSA) is 0 Å². The van der Waals surface area contributed by atoms with Crippen LogP contribution >= 0.6 is 0 Å². The predicted molar refractivity (Wildman–Crippen MR) is 68.8 cm³/mol. The van der Waals surface area contributed by atoms with Gasteiger partial charge in [-0.25, -0.2) is 0 Å². The molecule has 0 aliphatic heterocycles. The number of hydrogen-bond donors (Lipinski definition) is 0. The summed E-state index contributed by atoms with van der Waals surface area (Å²) in [7, 11) is 5.50. The van der Waals surface area contributed by atoms with Gasteiger partial charge in [0.15, 0.2) is 0 Å². The maximum atomic E-state index is 5.50. The average Bonchev–Trinajstić information content (AvgIpc) is 2.22. The van der Waals surface area contributed by atoms with Crippen LogP contribution in [0, 0.1) is 5.92 Å². The van der Waals surface area contributed by atoms with Gasteiger partial charge in [-0.05, 0) is 12.8 Å². The third-order valence-corrected chi connectivity index (χ3v) is 1.86. The van der Waals surface area contributed by atoms with Crippen molar-refractivity contribution in [3.05, 3.63) is 36.0 Å². The Morgan fingerprint density at radius 2 is 1.79 bits per heavy atom. The van der Waals surface area contributed by atoms with Crippen LogP contribution in [0.4, 0.5) is 0 Å². The van der Waals surface area contributed by atoms with Gasteiger partial charge in [0.1, 0.15) is 0 Å². The summed E-state index contributed by atoms with van der Waals surface area (Å²) in [5.74, 6) is 0.511. The first-order valence-corrected chi connectivity index (χ1v) is 5.34. The fourth-order valence-electron chi connectivity index (χ4n) is 0.689. The van der Waals surface area contributed by atoms with Crippen LogP contribution in [0.2, 0.25) is 6.32 Å². The van der Waals surface area contributed by atoms with Gasteiger partial charge < -0.3 is 0 Å². The van der Waals surface area contributed by atoms with Crippen LogP contribution in [0.5, 0.6) is 0 Å². The Bertz CT molecular complexity index is 197.